The Hall–Kier alpha value is -3.83. The summed E-state index contributed by atoms with van der Waals surface area (Å²) in [5.41, 5.74) is 3.02. The lowest BCUT2D eigenvalue weighted by Gasteiger charge is -2.13. The Bertz CT molecular complexity index is 1310. The first-order chi connectivity index (χ1) is 15.7. The maximum absolute atomic E-state index is 13.0. The molecule has 3 rings (SSSR count). The van der Waals surface area contributed by atoms with Gasteiger partial charge in [0, 0.05) is 12.1 Å². The molecule has 33 heavy (non-hydrogen) atoms. The molecule has 12 heteroatoms. The quantitative estimate of drug-likeness (QED) is 0.256. The minimum atomic E-state index is -4.25. The molecule has 2 N–H and O–H groups in total. The van der Waals surface area contributed by atoms with Gasteiger partial charge in [0.2, 0.25) is 0 Å². The van der Waals surface area contributed by atoms with Crippen molar-refractivity contribution in [2.24, 2.45) is 5.10 Å². The SMILES string of the molecule is COc1ccc(C=NNc2ccc([N+](=O)[O-])cc2S(=O)(=O)Nc2ccccc2Cl)cc1OC. The number of nitro groups is 1. The molecule has 0 amide bonds. The summed E-state index contributed by atoms with van der Waals surface area (Å²) in [6.07, 6.45) is 1.43. The lowest BCUT2D eigenvalue weighted by Crippen LogP contribution is -2.15. The topological polar surface area (TPSA) is 132 Å². The first kappa shape index (κ1) is 23.8. The van der Waals surface area contributed by atoms with E-state index in [1.165, 1.54) is 44.7 Å². The highest BCUT2D eigenvalue weighted by molar-refractivity contribution is 7.93. The summed E-state index contributed by atoms with van der Waals surface area (Å²) < 4.78 is 38.8. The maximum atomic E-state index is 13.0. The molecule has 0 fully saturated rings. The highest BCUT2D eigenvalue weighted by Gasteiger charge is 2.23. The highest BCUT2D eigenvalue weighted by Crippen LogP contribution is 2.31. The molecular weight excluding hydrogens is 472 g/mol. The van der Waals surface area contributed by atoms with Gasteiger partial charge in [-0.2, -0.15) is 5.10 Å². The largest absolute Gasteiger partial charge is 0.493 e. The average Bonchev–Trinajstić information content (AvgIpc) is 2.80. The van der Waals surface area contributed by atoms with Gasteiger partial charge < -0.3 is 9.47 Å². The Morgan fingerprint density at radius 3 is 2.39 bits per heavy atom. The number of benzene rings is 3. The van der Waals surface area contributed by atoms with Crippen LogP contribution in [0.1, 0.15) is 5.56 Å². The molecule has 0 saturated carbocycles. The number of halogens is 1. The zero-order chi connectivity index (χ0) is 24.0. The van der Waals surface area contributed by atoms with Crippen LogP contribution in [0.4, 0.5) is 17.1 Å². The van der Waals surface area contributed by atoms with E-state index in [0.717, 1.165) is 6.07 Å². The Morgan fingerprint density at radius 2 is 1.73 bits per heavy atom. The molecule has 0 atom stereocenters. The highest BCUT2D eigenvalue weighted by atomic mass is 35.5. The standard InChI is InChI=1S/C21H19ClN4O6S/c1-31-19-10-7-14(11-20(19)32-2)13-23-24-18-9-8-15(26(27)28)12-21(18)33(29,30)25-17-6-4-3-5-16(17)22/h3-13,24-25H,1-2H3. The lowest BCUT2D eigenvalue weighted by molar-refractivity contribution is -0.385. The molecule has 0 saturated heterocycles. The second-order valence-corrected chi connectivity index (χ2v) is 8.57. The number of ether oxygens (including phenoxy) is 2. The minimum Gasteiger partial charge on any atom is -0.493 e. The number of anilines is 2. The van der Waals surface area contributed by atoms with Gasteiger partial charge in [0.15, 0.2) is 11.5 Å². The fraction of sp³-hybridized carbons (Fsp3) is 0.0952. The van der Waals surface area contributed by atoms with Gasteiger partial charge in [-0.25, -0.2) is 8.42 Å². The second-order valence-electron chi connectivity index (χ2n) is 6.51. The van der Waals surface area contributed by atoms with Crippen molar-refractivity contribution in [3.63, 3.8) is 0 Å². The molecule has 0 unspecified atom stereocenters. The van der Waals surface area contributed by atoms with Crippen molar-refractivity contribution in [3.05, 3.63) is 81.4 Å². The number of nitro benzene ring substituents is 1. The molecule has 0 aliphatic heterocycles. The van der Waals surface area contributed by atoms with E-state index >= 15 is 0 Å². The summed E-state index contributed by atoms with van der Waals surface area (Å²) >= 11 is 6.04. The zero-order valence-corrected chi connectivity index (χ0v) is 19.1. The van der Waals surface area contributed by atoms with Crippen molar-refractivity contribution in [3.8, 4) is 11.5 Å². The Labute approximate surface area is 195 Å². The fourth-order valence-corrected chi connectivity index (χ4v) is 4.29. The zero-order valence-electron chi connectivity index (χ0n) is 17.5. The molecule has 0 spiro atoms. The Kier molecular flexibility index (Phi) is 7.36. The minimum absolute atomic E-state index is 0.0249. The first-order valence-electron chi connectivity index (χ1n) is 9.32. The van der Waals surface area contributed by atoms with E-state index in [4.69, 9.17) is 21.1 Å². The summed E-state index contributed by atoms with van der Waals surface area (Å²) in [5.74, 6) is 1.03. The van der Waals surface area contributed by atoms with Crippen molar-refractivity contribution in [2.75, 3.05) is 24.4 Å². The third kappa shape index (κ3) is 5.70. The molecule has 0 aromatic heterocycles. The summed E-state index contributed by atoms with van der Waals surface area (Å²) in [5, 5.41) is 15.4. The molecule has 0 radical (unpaired) electrons. The van der Waals surface area contributed by atoms with E-state index < -0.39 is 20.6 Å². The molecular formula is C21H19ClN4O6S. The van der Waals surface area contributed by atoms with E-state index in [1.807, 2.05) is 0 Å². The van der Waals surface area contributed by atoms with E-state index in [9.17, 15) is 18.5 Å². The van der Waals surface area contributed by atoms with Crippen LogP contribution < -0.4 is 19.6 Å². The molecule has 172 valence electrons. The van der Waals surface area contributed by atoms with Gasteiger partial charge in [-0.1, -0.05) is 23.7 Å². The smallest absolute Gasteiger partial charge is 0.270 e. The Balaban J connectivity index is 1.93. The number of hydrogen-bond acceptors (Lipinski definition) is 8. The summed E-state index contributed by atoms with van der Waals surface area (Å²) in [6, 6.07) is 14.7. The molecule has 0 aliphatic rings. The normalized spacial score (nSPS) is 11.2. The van der Waals surface area contributed by atoms with Crippen molar-refractivity contribution < 1.29 is 22.8 Å². The molecule has 0 bridgehead atoms. The predicted octanol–water partition coefficient (Wildman–Crippen LogP) is 4.51. The van der Waals surface area contributed by atoms with Crippen molar-refractivity contribution in [2.45, 2.75) is 4.90 Å². The number of non-ortho nitro benzene ring substituents is 1. The number of rotatable bonds is 9. The summed E-state index contributed by atoms with van der Waals surface area (Å²) in [4.78, 5) is 10.1. The van der Waals surface area contributed by atoms with Crippen LogP contribution in [0.3, 0.4) is 0 Å². The number of hydrazone groups is 1. The van der Waals surface area contributed by atoms with E-state index in [-0.39, 0.29) is 21.3 Å². The van der Waals surface area contributed by atoms with Crippen molar-refractivity contribution >= 4 is 44.9 Å². The monoisotopic (exact) mass is 490 g/mol. The van der Waals surface area contributed by atoms with Gasteiger partial charge in [-0.15, -0.1) is 0 Å². The van der Waals surface area contributed by atoms with Gasteiger partial charge in [0.1, 0.15) is 4.90 Å². The van der Waals surface area contributed by atoms with Gasteiger partial charge in [-0.05, 0) is 42.0 Å². The van der Waals surface area contributed by atoms with Crippen LogP contribution in [0.2, 0.25) is 5.02 Å². The molecule has 0 heterocycles. The van der Waals surface area contributed by atoms with Crippen LogP contribution in [0, 0.1) is 10.1 Å². The van der Waals surface area contributed by atoms with Gasteiger partial charge in [0.05, 0.1) is 41.8 Å². The number of nitrogens with zero attached hydrogens (tertiary/aromatic N) is 2. The van der Waals surface area contributed by atoms with Crippen LogP contribution in [0.15, 0.2) is 70.7 Å². The number of para-hydroxylation sites is 1. The average molecular weight is 491 g/mol. The van der Waals surface area contributed by atoms with Crippen LogP contribution in [0.25, 0.3) is 0 Å². The summed E-state index contributed by atoms with van der Waals surface area (Å²) in [6.45, 7) is 0. The van der Waals surface area contributed by atoms with E-state index in [2.05, 4.69) is 15.2 Å². The third-order valence-electron chi connectivity index (χ3n) is 4.39. The van der Waals surface area contributed by atoms with Crippen LogP contribution in [-0.2, 0) is 10.0 Å². The summed E-state index contributed by atoms with van der Waals surface area (Å²) in [7, 11) is -1.24. The number of nitrogens with one attached hydrogen (secondary N) is 2. The van der Waals surface area contributed by atoms with E-state index in [0.29, 0.717) is 17.1 Å². The van der Waals surface area contributed by atoms with Gasteiger partial charge >= 0.3 is 0 Å². The predicted molar refractivity (Wildman–Crippen MR) is 126 cm³/mol. The maximum Gasteiger partial charge on any atom is 0.270 e. The second kappa shape index (κ2) is 10.2. The van der Waals surface area contributed by atoms with Crippen LogP contribution in [-0.4, -0.2) is 33.8 Å². The number of sulfonamides is 1. The molecule has 10 nitrogen and oxygen atoms in total. The van der Waals surface area contributed by atoms with Gasteiger partial charge in [0.25, 0.3) is 15.7 Å². The van der Waals surface area contributed by atoms with Crippen molar-refractivity contribution in [1.82, 2.24) is 0 Å². The third-order valence-corrected chi connectivity index (χ3v) is 6.12. The molecule has 3 aromatic rings. The van der Waals surface area contributed by atoms with Gasteiger partial charge in [-0.3, -0.25) is 20.3 Å². The number of hydrogen-bond donors (Lipinski definition) is 2. The molecule has 3 aromatic carbocycles. The van der Waals surface area contributed by atoms with E-state index in [1.54, 1.807) is 30.3 Å². The fourth-order valence-electron chi connectivity index (χ4n) is 2.79. The van der Waals surface area contributed by atoms with Crippen LogP contribution >= 0.6 is 11.6 Å². The first-order valence-corrected chi connectivity index (χ1v) is 11.2. The van der Waals surface area contributed by atoms with Crippen molar-refractivity contribution in [1.29, 1.82) is 0 Å². The Morgan fingerprint density at radius 1 is 1.00 bits per heavy atom. The lowest BCUT2D eigenvalue weighted by atomic mass is 10.2. The van der Waals surface area contributed by atoms with Crippen LogP contribution in [0.5, 0.6) is 11.5 Å². The number of methoxy groups -OCH3 is 2. The molecule has 0 aliphatic carbocycles.